The van der Waals surface area contributed by atoms with Gasteiger partial charge < -0.3 is 10.3 Å². The van der Waals surface area contributed by atoms with E-state index in [1.54, 1.807) is 18.6 Å². The summed E-state index contributed by atoms with van der Waals surface area (Å²) in [7, 11) is 0. The van der Waals surface area contributed by atoms with Gasteiger partial charge in [-0.2, -0.15) is 0 Å². The Morgan fingerprint density at radius 3 is 3.00 bits per heavy atom. The number of aromatic amines is 1. The van der Waals surface area contributed by atoms with Gasteiger partial charge in [-0.05, 0) is 6.07 Å². The fourth-order valence-electron chi connectivity index (χ4n) is 1.86. The highest BCUT2D eigenvalue weighted by Gasteiger charge is 2.10. The maximum atomic E-state index is 10.8. The fraction of sp³-hybridized carbons (Fsp3) is 0.0833. The van der Waals surface area contributed by atoms with Crippen molar-refractivity contribution in [2.24, 2.45) is 0 Å². The van der Waals surface area contributed by atoms with Gasteiger partial charge in [0.25, 0.3) is 5.69 Å². The molecule has 1 aromatic carbocycles. The molecule has 0 aliphatic heterocycles. The predicted molar refractivity (Wildman–Crippen MR) is 72.1 cm³/mol. The van der Waals surface area contributed by atoms with Gasteiger partial charge in [0.1, 0.15) is 12.1 Å². The molecule has 8 heteroatoms. The lowest BCUT2D eigenvalue weighted by molar-refractivity contribution is -0.384. The van der Waals surface area contributed by atoms with E-state index in [9.17, 15) is 10.1 Å². The average Bonchev–Trinajstić information content (AvgIpc) is 2.97. The maximum absolute atomic E-state index is 10.8. The number of nitro groups is 1. The normalized spacial score (nSPS) is 10.6. The molecule has 0 spiro atoms. The smallest absolute Gasteiger partial charge is 0.270 e. The van der Waals surface area contributed by atoms with Gasteiger partial charge >= 0.3 is 0 Å². The second kappa shape index (κ2) is 4.92. The third-order valence-electron chi connectivity index (χ3n) is 2.83. The first-order valence-electron chi connectivity index (χ1n) is 5.84. The van der Waals surface area contributed by atoms with Crippen molar-refractivity contribution in [3.63, 3.8) is 0 Å². The summed E-state index contributed by atoms with van der Waals surface area (Å²) in [5.41, 5.74) is 1.55. The first-order valence-corrected chi connectivity index (χ1v) is 5.84. The summed E-state index contributed by atoms with van der Waals surface area (Å²) in [4.78, 5) is 25.5. The zero-order valence-electron chi connectivity index (χ0n) is 10.3. The highest BCUT2D eigenvalue weighted by Crippen LogP contribution is 2.24. The van der Waals surface area contributed by atoms with E-state index >= 15 is 0 Å². The number of aromatic nitrogens is 4. The summed E-state index contributed by atoms with van der Waals surface area (Å²) < 4.78 is 0. The van der Waals surface area contributed by atoms with E-state index in [-0.39, 0.29) is 5.69 Å². The molecule has 0 fully saturated rings. The van der Waals surface area contributed by atoms with E-state index < -0.39 is 4.92 Å². The molecule has 0 aliphatic carbocycles. The molecule has 2 aromatic heterocycles. The molecule has 0 bridgehead atoms. The molecule has 8 nitrogen and oxygen atoms in total. The monoisotopic (exact) mass is 270 g/mol. The molecule has 0 aliphatic rings. The van der Waals surface area contributed by atoms with Crippen LogP contribution in [0.2, 0.25) is 0 Å². The highest BCUT2D eigenvalue weighted by atomic mass is 16.6. The van der Waals surface area contributed by atoms with Crippen LogP contribution in [0, 0.1) is 10.1 Å². The summed E-state index contributed by atoms with van der Waals surface area (Å²) in [5, 5.41) is 14.6. The molecule has 0 atom stereocenters. The molecule has 0 saturated carbocycles. The highest BCUT2D eigenvalue weighted by molar-refractivity contribution is 5.90. The number of imidazole rings is 1. The lowest BCUT2D eigenvalue weighted by Gasteiger charge is -2.06. The molecular weight excluding hydrogens is 260 g/mol. The van der Waals surface area contributed by atoms with Gasteiger partial charge in [0.2, 0.25) is 0 Å². The Hall–Kier alpha value is -3.03. The van der Waals surface area contributed by atoms with Gasteiger partial charge in [-0.25, -0.2) is 15.0 Å². The van der Waals surface area contributed by atoms with Crippen molar-refractivity contribution in [2.75, 3.05) is 5.32 Å². The number of nitrogens with one attached hydrogen (secondary N) is 2. The van der Waals surface area contributed by atoms with Crippen LogP contribution in [0.5, 0.6) is 0 Å². The average molecular weight is 270 g/mol. The molecule has 0 radical (unpaired) electrons. The van der Waals surface area contributed by atoms with Crippen LogP contribution < -0.4 is 5.32 Å². The van der Waals surface area contributed by atoms with Crippen molar-refractivity contribution in [1.82, 2.24) is 19.9 Å². The summed E-state index contributed by atoms with van der Waals surface area (Å²) in [6.45, 7) is 0.495. The zero-order chi connectivity index (χ0) is 13.9. The number of hydrogen-bond donors (Lipinski definition) is 2. The van der Waals surface area contributed by atoms with Gasteiger partial charge in [0.05, 0.1) is 29.0 Å². The summed E-state index contributed by atoms with van der Waals surface area (Å²) in [6, 6.07) is 4.50. The standard InChI is InChI=1S/C12H10N6O2/c19-18(20)9-1-2-11-10(3-9)12(17-7-16-11)14-5-8-4-13-6-15-8/h1-4,6-7H,5H2,(H,13,15)(H,14,16,17). The van der Waals surface area contributed by atoms with Crippen LogP contribution in [-0.4, -0.2) is 24.9 Å². The van der Waals surface area contributed by atoms with Crippen LogP contribution in [0.3, 0.4) is 0 Å². The minimum atomic E-state index is -0.439. The Kier molecular flexibility index (Phi) is 2.96. The van der Waals surface area contributed by atoms with Crippen molar-refractivity contribution in [3.8, 4) is 0 Å². The van der Waals surface area contributed by atoms with E-state index in [4.69, 9.17) is 0 Å². The number of hydrogen-bond acceptors (Lipinski definition) is 6. The van der Waals surface area contributed by atoms with Crippen molar-refractivity contribution < 1.29 is 4.92 Å². The quantitative estimate of drug-likeness (QED) is 0.553. The first-order chi connectivity index (χ1) is 9.74. The Morgan fingerprint density at radius 2 is 2.25 bits per heavy atom. The number of fused-ring (bicyclic) bond motifs is 1. The van der Waals surface area contributed by atoms with Crippen molar-refractivity contribution in [2.45, 2.75) is 6.54 Å². The second-order valence-electron chi connectivity index (χ2n) is 4.11. The molecule has 20 heavy (non-hydrogen) atoms. The van der Waals surface area contributed by atoms with Gasteiger partial charge in [-0.15, -0.1) is 0 Å². The minimum absolute atomic E-state index is 0.0110. The molecule has 3 aromatic rings. The number of rotatable bonds is 4. The SMILES string of the molecule is O=[N+]([O-])c1ccc2ncnc(NCc3cnc[nH]3)c2c1. The van der Waals surface area contributed by atoms with Gasteiger partial charge in [0, 0.05) is 23.7 Å². The van der Waals surface area contributed by atoms with Crippen molar-refractivity contribution in [1.29, 1.82) is 0 Å². The predicted octanol–water partition coefficient (Wildman–Crippen LogP) is 1.87. The topological polar surface area (TPSA) is 110 Å². The summed E-state index contributed by atoms with van der Waals surface area (Å²) >= 11 is 0. The lowest BCUT2D eigenvalue weighted by Crippen LogP contribution is -2.03. The number of non-ortho nitro benzene ring substituents is 1. The molecule has 3 rings (SSSR count). The molecule has 0 amide bonds. The first kappa shape index (κ1) is 12.0. The van der Waals surface area contributed by atoms with Crippen LogP contribution in [0.1, 0.15) is 5.69 Å². The molecular formula is C12H10N6O2. The van der Waals surface area contributed by atoms with Crippen LogP contribution in [0.25, 0.3) is 10.9 Å². The van der Waals surface area contributed by atoms with Crippen LogP contribution in [0.15, 0.2) is 37.1 Å². The number of anilines is 1. The van der Waals surface area contributed by atoms with Gasteiger partial charge in [0.15, 0.2) is 0 Å². The van der Waals surface area contributed by atoms with Crippen LogP contribution in [-0.2, 0) is 6.54 Å². The van der Waals surface area contributed by atoms with Crippen molar-refractivity contribution >= 4 is 22.4 Å². The minimum Gasteiger partial charge on any atom is -0.364 e. The molecule has 0 saturated heterocycles. The summed E-state index contributed by atoms with van der Waals surface area (Å²) in [5.74, 6) is 0.549. The second-order valence-corrected chi connectivity index (χ2v) is 4.11. The molecule has 2 N–H and O–H groups in total. The number of H-pyrrole nitrogens is 1. The molecule has 2 heterocycles. The third kappa shape index (κ3) is 2.26. The van der Waals surface area contributed by atoms with E-state index in [0.29, 0.717) is 23.3 Å². The lowest BCUT2D eigenvalue weighted by atomic mass is 10.2. The third-order valence-corrected chi connectivity index (χ3v) is 2.83. The number of nitrogens with zero attached hydrogens (tertiary/aromatic N) is 4. The van der Waals surface area contributed by atoms with Crippen molar-refractivity contribution in [3.05, 3.63) is 52.9 Å². The van der Waals surface area contributed by atoms with E-state index in [1.807, 2.05) is 0 Å². The van der Waals surface area contributed by atoms with Gasteiger partial charge in [-0.3, -0.25) is 10.1 Å². The summed E-state index contributed by atoms with van der Waals surface area (Å²) in [6.07, 6.45) is 4.70. The van der Waals surface area contributed by atoms with E-state index in [2.05, 4.69) is 25.3 Å². The maximum Gasteiger partial charge on any atom is 0.270 e. The largest absolute Gasteiger partial charge is 0.364 e. The van der Waals surface area contributed by atoms with E-state index in [1.165, 1.54) is 18.5 Å². The Labute approximate surface area is 113 Å². The molecule has 0 unspecified atom stereocenters. The Bertz CT molecular complexity index is 756. The molecule has 100 valence electrons. The van der Waals surface area contributed by atoms with Crippen LogP contribution in [0.4, 0.5) is 11.5 Å². The number of benzene rings is 1. The zero-order valence-corrected chi connectivity index (χ0v) is 10.3. The number of nitro benzene ring substituents is 1. The van der Waals surface area contributed by atoms with Gasteiger partial charge in [-0.1, -0.05) is 0 Å². The Morgan fingerprint density at radius 1 is 1.35 bits per heavy atom. The Balaban J connectivity index is 1.96. The van der Waals surface area contributed by atoms with E-state index in [0.717, 1.165) is 5.69 Å². The van der Waals surface area contributed by atoms with Crippen LogP contribution >= 0.6 is 0 Å². The fourth-order valence-corrected chi connectivity index (χ4v) is 1.86.